The van der Waals surface area contributed by atoms with E-state index in [2.05, 4.69) is 5.32 Å². The van der Waals surface area contributed by atoms with Crippen molar-refractivity contribution in [1.29, 1.82) is 0 Å². The summed E-state index contributed by atoms with van der Waals surface area (Å²) in [7, 11) is 0. The Labute approximate surface area is 117 Å². The van der Waals surface area contributed by atoms with Gasteiger partial charge in [0.05, 0.1) is 11.7 Å². The zero-order valence-corrected chi connectivity index (χ0v) is 12.9. The second kappa shape index (κ2) is 5.93. The van der Waals surface area contributed by atoms with Crippen LogP contribution in [0.3, 0.4) is 0 Å². The lowest BCUT2D eigenvalue weighted by atomic mass is 9.86. The first-order valence-corrected chi connectivity index (χ1v) is 6.85. The molecule has 0 bridgehead atoms. The fraction of sp³-hybridized carbons (Fsp3) is 0.625. The molecule has 19 heavy (non-hydrogen) atoms. The minimum absolute atomic E-state index is 0.193. The van der Waals surface area contributed by atoms with Gasteiger partial charge in [-0.2, -0.15) is 0 Å². The average molecular weight is 265 g/mol. The number of nitrogens with one attached hydrogen (secondary N) is 1. The van der Waals surface area contributed by atoms with E-state index in [1.54, 1.807) is 0 Å². The lowest BCUT2D eigenvalue weighted by Crippen LogP contribution is -2.55. The second-order valence-corrected chi connectivity index (χ2v) is 6.35. The molecule has 0 saturated carbocycles. The summed E-state index contributed by atoms with van der Waals surface area (Å²) < 4.78 is 5.61. The number of rotatable bonds is 6. The Bertz CT molecular complexity index is 388. The lowest BCUT2D eigenvalue weighted by molar-refractivity contribution is -0.00532. The van der Waals surface area contributed by atoms with Gasteiger partial charge >= 0.3 is 0 Å². The van der Waals surface area contributed by atoms with Crippen LogP contribution in [0.15, 0.2) is 24.3 Å². The van der Waals surface area contributed by atoms with Crippen molar-refractivity contribution in [3.63, 3.8) is 0 Å². The summed E-state index contributed by atoms with van der Waals surface area (Å²) in [6.45, 7) is 12.4. The largest absolute Gasteiger partial charge is 0.491 e. The first-order chi connectivity index (χ1) is 8.62. The molecular formula is C16H27NO2. The second-order valence-electron chi connectivity index (χ2n) is 6.35. The van der Waals surface area contributed by atoms with Crippen molar-refractivity contribution in [2.24, 2.45) is 0 Å². The van der Waals surface area contributed by atoms with Crippen molar-refractivity contribution in [3.05, 3.63) is 29.8 Å². The fourth-order valence-electron chi connectivity index (χ4n) is 1.50. The van der Waals surface area contributed by atoms with E-state index in [0.717, 1.165) is 12.3 Å². The van der Waals surface area contributed by atoms with Crippen LogP contribution < -0.4 is 10.1 Å². The maximum absolute atomic E-state index is 10.1. The molecule has 0 atom stereocenters. The summed E-state index contributed by atoms with van der Waals surface area (Å²) in [4.78, 5) is 0. The SMILES string of the molecule is CC(C)Oc1ccc(CNC(C)(C)C(C)(C)O)cc1. The predicted octanol–water partition coefficient (Wildman–Crippen LogP) is 3.11. The molecule has 3 nitrogen and oxygen atoms in total. The molecule has 108 valence electrons. The number of hydrogen-bond acceptors (Lipinski definition) is 3. The van der Waals surface area contributed by atoms with Crippen molar-refractivity contribution < 1.29 is 9.84 Å². The molecule has 0 amide bonds. The molecule has 0 spiro atoms. The highest BCUT2D eigenvalue weighted by Gasteiger charge is 2.34. The third kappa shape index (κ3) is 4.84. The number of benzene rings is 1. The van der Waals surface area contributed by atoms with Gasteiger partial charge in [-0.25, -0.2) is 0 Å². The highest BCUT2D eigenvalue weighted by molar-refractivity contribution is 5.27. The Balaban J connectivity index is 2.59. The predicted molar refractivity (Wildman–Crippen MR) is 79.4 cm³/mol. The fourth-order valence-corrected chi connectivity index (χ4v) is 1.50. The summed E-state index contributed by atoms with van der Waals surface area (Å²) in [6.07, 6.45) is 0.193. The van der Waals surface area contributed by atoms with Crippen LogP contribution in [0, 0.1) is 0 Å². The Hall–Kier alpha value is -1.06. The van der Waals surface area contributed by atoms with Crippen LogP contribution in [0.25, 0.3) is 0 Å². The monoisotopic (exact) mass is 265 g/mol. The third-order valence-electron chi connectivity index (χ3n) is 3.56. The van der Waals surface area contributed by atoms with Crippen LogP contribution in [0.4, 0.5) is 0 Å². The zero-order chi connectivity index (χ0) is 14.7. The minimum Gasteiger partial charge on any atom is -0.491 e. The summed E-state index contributed by atoms with van der Waals surface area (Å²) in [5, 5.41) is 13.5. The van der Waals surface area contributed by atoms with Gasteiger partial charge in [0.25, 0.3) is 0 Å². The van der Waals surface area contributed by atoms with Crippen molar-refractivity contribution >= 4 is 0 Å². The Morgan fingerprint density at radius 3 is 2.05 bits per heavy atom. The van der Waals surface area contributed by atoms with Gasteiger partial charge in [-0.3, -0.25) is 0 Å². The van der Waals surface area contributed by atoms with Crippen LogP contribution in [-0.4, -0.2) is 22.4 Å². The first kappa shape index (κ1) is 16.0. The zero-order valence-electron chi connectivity index (χ0n) is 12.9. The number of ether oxygens (including phenoxy) is 1. The Morgan fingerprint density at radius 1 is 1.11 bits per heavy atom. The molecule has 0 aliphatic carbocycles. The quantitative estimate of drug-likeness (QED) is 0.830. The molecule has 0 fully saturated rings. The molecule has 0 heterocycles. The van der Waals surface area contributed by atoms with Gasteiger partial charge < -0.3 is 15.2 Å². The van der Waals surface area contributed by atoms with Gasteiger partial charge in [0.2, 0.25) is 0 Å². The smallest absolute Gasteiger partial charge is 0.119 e. The van der Waals surface area contributed by atoms with Crippen molar-refractivity contribution in [2.45, 2.75) is 65.3 Å². The van der Waals surface area contributed by atoms with Crippen LogP contribution in [-0.2, 0) is 6.54 Å². The topological polar surface area (TPSA) is 41.5 Å². The average Bonchev–Trinajstić information content (AvgIpc) is 2.26. The van der Waals surface area contributed by atoms with Crippen LogP contribution in [0.5, 0.6) is 5.75 Å². The molecule has 1 aromatic carbocycles. The summed E-state index contributed by atoms with van der Waals surface area (Å²) in [6, 6.07) is 8.05. The van der Waals surface area contributed by atoms with E-state index in [4.69, 9.17) is 4.74 Å². The molecule has 3 heteroatoms. The molecule has 0 aliphatic rings. The Morgan fingerprint density at radius 2 is 1.63 bits per heavy atom. The van der Waals surface area contributed by atoms with E-state index in [9.17, 15) is 5.11 Å². The van der Waals surface area contributed by atoms with E-state index in [1.807, 2.05) is 65.8 Å². The van der Waals surface area contributed by atoms with Crippen LogP contribution >= 0.6 is 0 Å². The van der Waals surface area contributed by atoms with Gasteiger partial charge in [-0.15, -0.1) is 0 Å². The maximum atomic E-state index is 10.1. The first-order valence-electron chi connectivity index (χ1n) is 6.85. The van der Waals surface area contributed by atoms with Crippen molar-refractivity contribution in [2.75, 3.05) is 0 Å². The number of aliphatic hydroxyl groups is 1. The summed E-state index contributed by atoms with van der Waals surface area (Å²) in [5.41, 5.74) is 0.0572. The van der Waals surface area contributed by atoms with E-state index in [0.29, 0.717) is 0 Å². The van der Waals surface area contributed by atoms with Gasteiger partial charge in [-0.1, -0.05) is 12.1 Å². The molecule has 1 aromatic rings. The summed E-state index contributed by atoms with van der Waals surface area (Å²) >= 11 is 0. The van der Waals surface area contributed by atoms with Gasteiger partial charge in [-0.05, 0) is 59.2 Å². The molecule has 0 saturated heterocycles. The normalized spacial score (nSPS) is 12.8. The molecule has 0 unspecified atom stereocenters. The Kier molecular flexibility index (Phi) is 4.99. The van der Waals surface area contributed by atoms with Crippen molar-refractivity contribution in [1.82, 2.24) is 5.32 Å². The maximum Gasteiger partial charge on any atom is 0.119 e. The van der Waals surface area contributed by atoms with Gasteiger partial charge in [0.1, 0.15) is 5.75 Å². The number of hydrogen-bond donors (Lipinski definition) is 2. The molecule has 0 aromatic heterocycles. The van der Waals surface area contributed by atoms with E-state index in [-0.39, 0.29) is 11.6 Å². The van der Waals surface area contributed by atoms with E-state index >= 15 is 0 Å². The van der Waals surface area contributed by atoms with E-state index < -0.39 is 5.60 Å². The standard InChI is InChI=1S/C16H27NO2/c1-12(2)19-14-9-7-13(8-10-14)11-17-15(3,4)16(5,6)18/h7-10,12,17-18H,11H2,1-6H3. The highest BCUT2D eigenvalue weighted by atomic mass is 16.5. The van der Waals surface area contributed by atoms with Crippen LogP contribution in [0.2, 0.25) is 0 Å². The third-order valence-corrected chi connectivity index (χ3v) is 3.56. The highest BCUT2D eigenvalue weighted by Crippen LogP contribution is 2.21. The van der Waals surface area contributed by atoms with Gasteiger partial charge in [0, 0.05) is 12.1 Å². The molecule has 0 aliphatic heterocycles. The molecule has 0 radical (unpaired) electrons. The molecule has 2 N–H and O–H groups in total. The summed E-state index contributed by atoms with van der Waals surface area (Å²) in [5.74, 6) is 0.889. The van der Waals surface area contributed by atoms with Gasteiger partial charge in [0.15, 0.2) is 0 Å². The molecule has 1 rings (SSSR count). The molecular weight excluding hydrogens is 238 g/mol. The van der Waals surface area contributed by atoms with Crippen molar-refractivity contribution in [3.8, 4) is 5.75 Å². The van der Waals surface area contributed by atoms with E-state index in [1.165, 1.54) is 5.56 Å². The minimum atomic E-state index is -0.770. The van der Waals surface area contributed by atoms with Crippen LogP contribution in [0.1, 0.15) is 47.1 Å². The lowest BCUT2D eigenvalue weighted by Gasteiger charge is -2.38.